The molecule has 1 N–H and O–H groups in total. The van der Waals surface area contributed by atoms with Crippen molar-refractivity contribution in [1.82, 2.24) is 10.2 Å². The van der Waals surface area contributed by atoms with Crippen molar-refractivity contribution >= 4 is 39.1 Å². The van der Waals surface area contributed by atoms with Crippen molar-refractivity contribution < 1.29 is 18.0 Å². The number of amides is 2. The first-order valence-corrected chi connectivity index (χ1v) is 13.6. The second-order valence-corrected chi connectivity index (χ2v) is 11.1. The minimum Gasteiger partial charge on any atom is -0.354 e. The number of anilines is 1. The van der Waals surface area contributed by atoms with Gasteiger partial charge in [0.25, 0.3) is 0 Å². The van der Waals surface area contributed by atoms with Gasteiger partial charge in [-0.1, -0.05) is 55.8 Å². The maximum absolute atomic E-state index is 13.2. The van der Waals surface area contributed by atoms with Crippen LogP contribution in [0.3, 0.4) is 0 Å². The summed E-state index contributed by atoms with van der Waals surface area (Å²) in [5.74, 6) is -0.123. The summed E-state index contributed by atoms with van der Waals surface area (Å²) in [6.07, 6.45) is 1.54. The third-order valence-electron chi connectivity index (χ3n) is 5.31. The van der Waals surface area contributed by atoms with Gasteiger partial charge in [0.05, 0.1) is 11.9 Å². The molecule has 0 aromatic heterocycles. The number of nitrogens with one attached hydrogen (secondary N) is 1. The summed E-state index contributed by atoms with van der Waals surface area (Å²) in [7, 11) is -3.54. The number of carbonyl (C=O) groups excluding carboxylic acids is 2. The van der Waals surface area contributed by atoms with Crippen molar-refractivity contribution in [2.75, 3.05) is 23.7 Å². The molecule has 34 heavy (non-hydrogen) atoms. The second kappa shape index (κ2) is 12.8. The Hall–Kier alpha value is -2.58. The van der Waals surface area contributed by atoms with Gasteiger partial charge in [0.1, 0.15) is 6.04 Å². The summed E-state index contributed by atoms with van der Waals surface area (Å²) in [6, 6.07) is 15.3. The van der Waals surface area contributed by atoms with Crippen molar-refractivity contribution in [3.8, 4) is 0 Å². The van der Waals surface area contributed by atoms with E-state index in [0.717, 1.165) is 11.8 Å². The number of nitrogens with zero attached hydrogens (tertiary/aromatic N) is 2. The molecule has 2 rings (SSSR count). The average Bonchev–Trinajstić information content (AvgIpc) is 2.78. The monoisotopic (exact) mass is 507 g/mol. The predicted octanol–water partition coefficient (Wildman–Crippen LogP) is 4.08. The van der Waals surface area contributed by atoms with E-state index >= 15 is 0 Å². The van der Waals surface area contributed by atoms with Crippen molar-refractivity contribution in [3.05, 3.63) is 65.2 Å². The zero-order valence-corrected chi connectivity index (χ0v) is 21.8. The van der Waals surface area contributed by atoms with Crippen LogP contribution in [-0.2, 0) is 26.2 Å². The standard InChI is InChI=1S/C25H34ClN3O4S/c1-19(2)17-27-25(31)20(3)28(18-21-9-6-5-7-10-21)24(30)11-8-16-29(34(4,32)33)23-14-12-22(26)13-15-23/h5-7,9-10,12-15,19-20H,8,11,16-18H2,1-4H3,(H,27,31)/t20-/m0/s1. The van der Waals surface area contributed by atoms with E-state index in [1.165, 1.54) is 4.31 Å². The van der Waals surface area contributed by atoms with Crippen LogP contribution < -0.4 is 9.62 Å². The van der Waals surface area contributed by atoms with Crippen molar-refractivity contribution in [2.24, 2.45) is 5.92 Å². The highest BCUT2D eigenvalue weighted by atomic mass is 35.5. The van der Waals surface area contributed by atoms with Gasteiger partial charge in [-0.05, 0) is 49.1 Å². The molecule has 0 fully saturated rings. The van der Waals surface area contributed by atoms with E-state index in [9.17, 15) is 18.0 Å². The van der Waals surface area contributed by atoms with Crippen molar-refractivity contribution in [3.63, 3.8) is 0 Å². The highest BCUT2D eigenvalue weighted by molar-refractivity contribution is 7.92. The van der Waals surface area contributed by atoms with E-state index < -0.39 is 16.1 Å². The normalized spacial score (nSPS) is 12.3. The molecule has 9 heteroatoms. The first-order chi connectivity index (χ1) is 16.0. The summed E-state index contributed by atoms with van der Waals surface area (Å²) >= 11 is 5.92. The van der Waals surface area contributed by atoms with Gasteiger partial charge in [-0.2, -0.15) is 0 Å². The number of hydrogen-bond donors (Lipinski definition) is 1. The third-order valence-corrected chi connectivity index (χ3v) is 6.76. The molecular formula is C25H34ClN3O4S. The predicted molar refractivity (Wildman–Crippen MR) is 137 cm³/mol. The Morgan fingerprint density at radius 1 is 1.00 bits per heavy atom. The van der Waals surface area contributed by atoms with Crippen LogP contribution in [-0.4, -0.2) is 50.5 Å². The Kier molecular flexibility index (Phi) is 10.4. The molecule has 0 heterocycles. The molecule has 0 saturated heterocycles. The van der Waals surface area contributed by atoms with Gasteiger partial charge in [-0.15, -0.1) is 0 Å². The molecule has 0 spiro atoms. The maximum atomic E-state index is 13.2. The maximum Gasteiger partial charge on any atom is 0.242 e. The van der Waals surface area contributed by atoms with Gasteiger partial charge in [-0.3, -0.25) is 13.9 Å². The number of carbonyl (C=O) groups is 2. The minimum absolute atomic E-state index is 0.105. The van der Waals surface area contributed by atoms with E-state index in [-0.39, 0.29) is 24.8 Å². The van der Waals surface area contributed by atoms with Crippen LogP contribution in [0.15, 0.2) is 54.6 Å². The molecule has 0 saturated carbocycles. The molecule has 2 aromatic carbocycles. The van der Waals surface area contributed by atoms with E-state index in [2.05, 4.69) is 5.32 Å². The number of rotatable bonds is 12. The number of halogens is 1. The Balaban J connectivity index is 2.12. The minimum atomic E-state index is -3.54. The molecule has 1 atom stereocenters. The molecule has 0 unspecified atom stereocenters. The lowest BCUT2D eigenvalue weighted by molar-refractivity contribution is -0.140. The summed E-state index contributed by atoms with van der Waals surface area (Å²) in [5.41, 5.74) is 1.40. The average molecular weight is 508 g/mol. The first-order valence-electron chi connectivity index (χ1n) is 11.3. The van der Waals surface area contributed by atoms with Crippen LogP contribution in [0.5, 0.6) is 0 Å². The lowest BCUT2D eigenvalue weighted by Gasteiger charge is -2.29. The summed E-state index contributed by atoms with van der Waals surface area (Å²) in [5, 5.41) is 3.40. The fourth-order valence-corrected chi connectivity index (χ4v) is 4.52. The van der Waals surface area contributed by atoms with Crippen LogP contribution in [0.1, 0.15) is 39.2 Å². The summed E-state index contributed by atoms with van der Waals surface area (Å²) in [4.78, 5) is 27.5. The van der Waals surface area contributed by atoms with Crippen LogP contribution in [0.25, 0.3) is 0 Å². The Morgan fingerprint density at radius 2 is 1.62 bits per heavy atom. The van der Waals surface area contributed by atoms with E-state index in [1.807, 2.05) is 44.2 Å². The Morgan fingerprint density at radius 3 is 2.18 bits per heavy atom. The van der Waals surface area contributed by atoms with E-state index in [0.29, 0.717) is 36.1 Å². The SMILES string of the molecule is CC(C)CNC(=O)[C@H](C)N(Cc1ccccc1)C(=O)CCCN(c1ccc(Cl)cc1)S(C)(=O)=O. The lowest BCUT2D eigenvalue weighted by atomic mass is 10.1. The number of sulfonamides is 1. The smallest absolute Gasteiger partial charge is 0.242 e. The highest BCUT2D eigenvalue weighted by Crippen LogP contribution is 2.21. The van der Waals surface area contributed by atoms with E-state index in [1.54, 1.807) is 36.1 Å². The fourth-order valence-electron chi connectivity index (χ4n) is 3.43. The molecule has 186 valence electrons. The van der Waals surface area contributed by atoms with Gasteiger partial charge in [0, 0.05) is 31.1 Å². The zero-order valence-electron chi connectivity index (χ0n) is 20.2. The van der Waals surface area contributed by atoms with Crippen LogP contribution in [0.4, 0.5) is 5.69 Å². The topological polar surface area (TPSA) is 86.8 Å². The van der Waals surface area contributed by atoms with Gasteiger partial charge in [0.15, 0.2) is 0 Å². The van der Waals surface area contributed by atoms with Gasteiger partial charge >= 0.3 is 0 Å². The first kappa shape index (κ1) is 27.7. The Labute approximate surface area is 208 Å². The third kappa shape index (κ3) is 8.65. The number of hydrogen-bond acceptors (Lipinski definition) is 4. The molecule has 2 aromatic rings. The number of benzene rings is 2. The molecule has 0 bridgehead atoms. The molecule has 2 amide bonds. The quantitative estimate of drug-likeness (QED) is 0.469. The Bertz CT molecular complexity index is 1040. The van der Waals surface area contributed by atoms with Crippen molar-refractivity contribution in [2.45, 2.75) is 46.2 Å². The molecular weight excluding hydrogens is 474 g/mol. The summed E-state index contributed by atoms with van der Waals surface area (Å²) in [6.45, 7) is 6.69. The highest BCUT2D eigenvalue weighted by Gasteiger charge is 2.26. The molecule has 0 aliphatic carbocycles. The largest absolute Gasteiger partial charge is 0.354 e. The molecule has 0 aliphatic heterocycles. The van der Waals surface area contributed by atoms with Gasteiger partial charge in [0.2, 0.25) is 21.8 Å². The van der Waals surface area contributed by atoms with E-state index in [4.69, 9.17) is 11.6 Å². The molecule has 0 radical (unpaired) electrons. The second-order valence-electron chi connectivity index (χ2n) is 8.74. The summed E-state index contributed by atoms with van der Waals surface area (Å²) < 4.78 is 25.9. The molecule has 0 aliphatic rings. The van der Waals surface area contributed by atoms with Crippen LogP contribution in [0, 0.1) is 5.92 Å². The van der Waals surface area contributed by atoms with Crippen LogP contribution >= 0.6 is 11.6 Å². The fraction of sp³-hybridized carbons (Fsp3) is 0.440. The van der Waals surface area contributed by atoms with Gasteiger partial charge in [-0.25, -0.2) is 8.42 Å². The van der Waals surface area contributed by atoms with Gasteiger partial charge < -0.3 is 10.2 Å². The van der Waals surface area contributed by atoms with Crippen LogP contribution in [0.2, 0.25) is 5.02 Å². The molecule has 7 nitrogen and oxygen atoms in total. The van der Waals surface area contributed by atoms with Crippen molar-refractivity contribution in [1.29, 1.82) is 0 Å². The zero-order chi connectivity index (χ0) is 25.3. The lowest BCUT2D eigenvalue weighted by Crippen LogP contribution is -2.48.